The van der Waals surface area contributed by atoms with Gasteiger partial charge in [0.1, 0.15) is 18.1 Å². The van der Waals surface area contributed by atoms with Gasteiger partial charge in [0.15, 0.2) is 0 Å². The summed E-state index contributed by atoms with van der Waals surface area (Å²) in [5.74, 6) is 1.64. The van der Waals surface area contributed by atoms with Crippen LogP contribution in [0.1, 0.15) is 5.56 Å². The summed E-state index contributed by atoms with van der Waals surface area (Å²) in [5.41, 5.74) is 2.21. The normalized spacial score (nSPS) is 14.6. The number of hydrogen-bond acceptors (Lipinski definition) is 4. The van der Waals surface area contributed by atoms with E-state index in [9.17, 15) is 0 Å². The highest BCUT2D eigenvalue weighted by Gasteiger charge is 2.12. The average Bonchev–Trinajstić information content (AvgIpc) is 2.61. The fourth-order valence-corrected chi connectivity index (χ4v) is 2.84. The SMILES string of the molecule is COc1ccc(COc2cc(Cl)cc(N3CCNCC3)c2)cc1. The zero-order valence-corrected chi connectivity index (χ0v) is 14.0. The van der Waals surface area contributed by atoms with Crippen molar-refractivity contribution in [3.63, 3.8) is 0 Å². The Morgan fingerprint density at radius 3 is 2.48 bits per heavy atom. The Hall–Kier alpha value is -1.91. The lowest BCUT2D eigenvalue weighted by atomic mass is 10.2. The molecule has 23 heavy (non-hydrogen) atoms. The Morgan fingerprint density at radius 2 is 1.78 bits per heavy atom. The van der Waals surface area contributed by atoms with E-state index in [0.29, 0.717) is 11.6 Å². The van der Waals surface area contributed by atoms with Crippen LogP contribution in [0.5, 0.6) is 11.5 Å². The summed E-state index contributed by atoms with van der Waals surface area (Å²) in [6.45, 7) is 4.46. The van der Waals surface area contributed by atoms with Gasteiger partial charge in [-0.1, -0.05) is 23.7 Å². The van der Waals surface area contributed by atoms with E-state index in [1.807, 2.05) is 36.4 Å². The number of nitrogens with zero attached hydrogens (tertiary/aromatic N) is 1. The van der Waals surface area contributed by atoms with Crippen LogP contribution in [0, 0.1) is 0 Å². The fourth-order valence-electron chi connectivity index (χ4n) is 2.63. The van der Waals surface area contributed by atoms with Crippen LogP contribution in [0.15, 0.2) is 42.5 Å². The van der Waals surface area contributed by atoms with Gasteiger partial charge in [0.05, 0.1) is 7.11 Å². The van der Waals surface area contributed by atoms with Crippen LogP contribution in [0.25, 0.3) is 0 Å². The van der Waals surface area contributed by atoms with Crippen LogP contribution in [-0.4, -0.2) is 33.3 Å². The number of halogens is 1. The maximum absolute atomic E-state index is 6.25. The lowest BCUT2D eigenvalue weighted by Gasteiger charge is -2.29. The number of rotatable bonds is 5. The number of anilines is 1. The van der Waals surface area contributed by atoms with Gasteiger partial charge < -0.3 is 19.7 Å². The van der Waals surface area contributed by atoms with Crippen molar-refractivity contribution in [2.75, 3.05) is 38.2 Å². The highest BCUT2D eigenvalue weighted by Crippen LogP contribution is 2.28. The first kappa shape index (κ1) is 16.0. The Bertz CT molecular complexity index is 640. The molecule has 2 aromatic carbocycles. The van der Waals surface area contributed by atoms with Crippen molar-refractivity contribution in [1.82, 2.24) is 5.32 Å². The van der Waals surface area contributed by atoms with Gasteiger partial charge in [0.2, 0.25) is 0 Å². The maximum Gasteiger partial charge on any atom is 0.123 e. The molecule has 5 heteroatoms. The van der Waals surface area contributed by atoms with Crippen molar-refractivity contribution < 1.29 is 9.47 Å². The minimum atomic E-state index is 0.505. The molecule has 3 rings (SSSR count). The van der Waals surface area contributed by atoms with Crippen molar-refractivity contribution in [2.45, 2.75) is 6.61 Å². The summed E-state index contributed by atoms with van der Waals surface area (Å²) in [4.78, 5) is 2.32. The molecule has 0 aromatic heterocycles. The summed E-state index contributed by atoms with van der Waals surface area (Å²) in [7, 11) is 1.66. The third-order valence-corrected chi connectivity index (χ3v) is 4.12. The standard InChI is InChI=1S/C18H21ClN2O2/c1-22-17-4-2-14(3-5-17)13-23-18-11-15(19)10-16(12-18)21-8-6-20-7-9-21/h2-5,10-12,20H,6-9,13H2,1H3. The van der Waals surface area contributed by atoms with E-state index in [2.05, 4.69) is 16.3 Å². The van der Waals surface area contributed by atoms with Gasteiger partial charge in [-0.15, -0.1) is 0 Å². The molecule has 0 atom stereocenters. The second kappa shape index (κ2) is 7.57. The van der Waals surface area contributed by atoms with Crippen LogP contribution >= 0.6 is 11.6 Å². The van der Waals surface area contributed by atoms with E-state index in [1.165, 1.54) is 0 Å². The van der Waals surface area contributed by atoms with Gasteiger partial charge in [0, 0.05) is 43.0 Å². The molecule has 2 aromatic rings. The van der Waals surface area contributed by atoms with Crippen LogP contribution < -0.4 is 19.7 Å². The average molecular weight is 333 g/mol. The molecule has 0 radical (unpaired) electrons. The summed E-state index contributed by atoms with van der Waals surface area (Å²) < 4.78 is 11.1. The summed E-state index contributed by atoms with van der Waals surface area (Å²) in [6, 6.07) is 13.8. The highest BCUT2D eigenvalue weighted by molar-refractivity contribution is 6.31. The molecule has 0 bridgehead atoms. The van der Waals surface area contributed by atoms with E-state index >= 15 is 0 Å². The van der Waals surface area contributed by atoms with Crippen LogP contribution in [0.2, 0.25) is 5.02 Å². The largest absolute Gasteiger partial charge is 0.497 e. The Morgan fingerprint density at radius 1 is 1.04 bits per heavy atom. The number of nitrogens with one attached hydrogen (secondary N) is 1. The zero-order valence-electron chi connectivity index (χ0n) is 13.2. The van der Waals surface area contributed by atoms with E-state index in [4.69, 9.17) is 21.1 Å². The predicted octanol–water partition coefficient (Wildman–Crippen LogP) is 3.34. The second-order valence-electron chi connectivity index (χ2n) is 5.52. The van der Waals surface area contributed by atoms with Gasteiger partial charge >= 0.3 is 0 Å². The Kier molecular flexibility index (Phi) is 5.26. The van der Waals surface area contributed by atoms with Crippen molar-refractivity contribution >= 4 is 17.3 Å². The van der Waals surface area contributed by atoms with Gasteiger partial charge in [-0.25, -0.2) is 0 Å². The van der Waals surface area contributed by atoms with E-state index < -0.39 is 0 Å². The quantitative estimate of drug-likeness (QED) is 0.910. The Labute approximate surface area is 142 Å². The molecule has 1 saturated heterocycles. The zero-order chi connectivity index (χ0) is 16.1. The molecule has 0 saturated carbocycles. The molecule has 0 spiro atoms. The number of hydrogen-bond donors (Lipinski definition) is 1. The van der Waals surface area contributed by atoms with Gasteiger partial charge in [-0.3, -0.25) is 0 Å². The first-order valence-electron chi connectivity index (χ1n) is 7.76. The number of ether oxygens (including phenoxy) is 2. The third kappa shape index (κ3) is 4.30. The minimum Gasteiger partial charge on any atom is -0.497 e. The highest BCUT2D eigenvalue weighted by atomic mass is 35.5. The molecule has 0 aliphatic carbocycles. The van der Waals surface area contributed by atoms with Crippen molar-refractivity contribution in [2.24, 2.45) is 0 Å². The smallest absolute Gasteiger partial charge is 0.123 e. The molecule has 1 heterocycles. The molecule has 1 N–H and O–H groups in total. The summed E-state index contributed by atoms with van der Waals surface area (Å²) >= 11 is 6.25. The van der Waals surface area contributed by atoms with Crippen molar-refractivity contribution in [1.29, 1.82) is 0 Å². The first-order valence-corrected chi connectivity index (χ1v) is 8.14. The second-order valence-corrected chi connectivity index (χ2v) is 5.96. The van der Waals surface area contributed by atoms with Gasteiger partial charge in [-0.05, 0) is 29.8 Å². The van der Waals surface area contributed by atoms with Gasteiger partial charge in [0.25, 0.3) is 0 Å². The Balaban J connectivity index is 1.68. The number of piperazine rings is 1. The fraction of sp³-hybridized carbons (Fsp3) is 0.333. The van der Waals surface area contributed by atoms with Crippen molar-refractivity contribution in [3.8, 4) is 11.5 Å². The van der Waals surface area contributed by atoms with E-state index in [0.717, 1.165) is 48.9 Å². The molecule has 4 nitrogen and oxygen atoms in total. The molecular formula is C18H21ClN2O2. The molecule has 1 aliphatic heterocycles. The number of methoxy groups -OCH3 is 1. The molecule has 0 amide bonds. The monoisotopic (exact) mass is 332 g/mol. The third-order valence-electron chi connectivity index (χ3n) is 3.90. The minimum absolute atomic E-state index is 0.505. The predicted molar refractivity (Wildman–Crippen MR) is 93.9 cm³/mol. The number of benzene rings is 2. The maximum atomic E-state index is 6.25. The molecule has 1 aliphatic rings. The van der Waals surface area contributed by atoms with Crippen LogP contribution in [0.3, 0.4) is 0 Å². The van der Waals surface area contributed by atoms with Crippen molar-refractivity contribution in [3.05, 3.63) is 53.1 Å². The van der Waals surface area contributed by atoms with Gasteiger partial charge in [-0.2, -0.15) is 0 Å². The topological polar surface area (TPSA) is 33.7 Å². The molecule has 1 fully saturated rings. The lowest BCUT2D eigenvalue weighted by molar-refractivity contribution is 0.306. The van der Waals surface area contributed by atoms with Crippen LogP contribution in [0.4, 0.5) is 5.69 Å². The molecule has 122 valence electrons. The summed E-state index contributed by atoms with van der Waals surface area (Å²) in [6.07, 6.45) is 0. The van der Waals surface area contributed by atoms with E-state index in [1.54, 1.807) is 7.11 Å². The molecular weight excluding hydrogens is 312 g/mol. The lowest BCUT2D eigenvalue weighted by Crippen LogP contribution is -2.43. The van der Waals surface area contributed by atoms with E-state index in [-0.39, 0.29) is 0 Å². The molecule has 0 unspecified atom stereocenters. The summed E-state index contributed by atoms with van der Waals surface area (Å²) in [5, 5.41) is 4.05. The van der Waals surface area contributed by atoms with Crippen LogP contribution in [-0.2, 0) is 6.61 Å². The first-order chi connectivity index (χ1) is 11.2.